The molecule has 0 aromatic heterocycles. The van der Waals surface area contributed by atoms with Gasteiger partial charge in [-0.2, -0.15) is 11.1 Å². The quantitative estimate of drug-likeness (QED) is 0.142. The zero-order chi connectivity index (χ0) is 21.3. The molecular formula is C17H33ClO7Si2. The van der Waals surface area contributed by atoms with Crippen LogP contribution in [0.2, 0.25) is 25.2 Å². The monoisotopic (exact) mass is 440 g/mol. The Morgan fingerprint density at radius 2 is 1.22 bits per heavy atom. The first-order valence-electron chi connectivity index (χ1n) is 8.52. The lowest BCUT2D eigenvalue weighted by Crippen LogP contribution is -2.42. The van der Waals surface area contributed by atoms with Gasteiger partial charge in [-0.1, -0.05) is 26.3 Å². The minimum atomic E-state index is -2.52. The fraction of sp³-hybridized carbons (Fsp3) is 0.647. The molecule has 0 aromatic rings. The van der Waals surface area contributed by atoms with Crippen molar-refractivity contribution in [3.05, 3.63) is 25.3 Å². The van der Waals surface area contributed by atoms with Gasteiger partial charge in [0.05, 0.1) is 13.2 Å². The van der Waals surface area contributed by atoms with Crippen molar-refractivity contribution < 1.29 is 32.3 Å². The molecule has 27 heavy (non-hydrogen) atoms. The first kappa shape index (κ1) is 28.2. The van der Waals surface area contributed by atoms with Crippen LogP contribution in [0.15, 0.2) is 25.3 Å². The molecule has 0 bridgehead atoms. The Kier molecular flexibility index (Phi) is 16.8. The number of hydrogen-bond acceptors (Lipinski definition) is 7. The van der Waals surface area contributed by atoms with Crippen molar-refractivity contribution in [2.24, 2.45) is 0 Å². The first-order valence-corrected chi connectivity index (χ1v) is 14.7. The summed E-state index contributed by atoms with van der Waals surface area (Å²) in [5.74, 6) is -0.779. The minimum absolute atomic E-state index is 0.315. The molecule has 0 saturated carbocycles. The van der Waals surface area contributed by atoms with Gasteiger partial charge in [-0.25, -0.2) is 9.59 Å². The van der Waals surface area contributed by atoms with Gasteiger partial charge < -0.3 is 22.8 Å². The second-order valence-electron chi connectivity index (χ2n) is 5.96. The average molecular weight is 441 g/mol. The van der Waals surface area contributed by atoms with Crippen molar-refractivity contribution in [2.75, 3.05) is 34.5 Å². The topological polar surface area (TPSA) is 80.3 Å². The first-order chi connectivity index (χ1) is 12.6. The summed E-state index contributed by atoms with van der Waals surface area (Å²) >= 11 is 6.06. The Morgan fingerprint density at radius 3 is 1.52 bits per heavy atom. The van der Waals surface area contributed by atoms with E-state index in [0.29, 0.717) is 25.7 Å². The van der Waals surface area contributed by atoms with E-state index in [2.05, 4.69) is 26.3 Å². The van der Waals surface area contributed by atoms with Gasteiger partial charge in [0.25, 0.3) is 0 Å². The normalized spacial score (nSPS) is 11.0. The van der Waals surface area contributed by atoms with Crippen LogP contribution in [-0.2, 0) is 32.3 Å². The summed E-state index contributed by atoms with van der Waals surface area (Å²) in [5.41, 5.74) is 0. The summed E-state index contributed by atoms with van der Waals surface area (Å²) < 4.78 is 25.2. The fourth-order valence-corrected chi connectivity index (χ4v) is 4.88. The highest BCUT2D eigenvalue weighted by molar-refractivity contribution is 7.19. The molecule has 0 spiro atoms. The lowest BCUT2D eigenvalue weighted by atomic mass is 10.5. The Bertz CT molecular complexity index is 441. The average Bonchev–Trinajstić information content (AvgIpc) is 2.65. The molecule has 0 heterocycles. The Labute approximate surface area is 169 Å². The number of hydrogen-bond donors (Lipinski definition) is 0. The molecular weight excluding hydrogens is 408 g/mol. The van der Waals surface area contributed by atoms with E-state index >= 15 is 0 Å². The summed E-state index contributed by atoms with van der Waals surface area (Å²) in [6, 6.07) is 1.58. The summed E-state index contributed by atoms with van der Waals surface area (Å²) in [5, 5.41) is 0. The van der Waals surface area contributed by atoms with E-state index < -0.39 is 22.2 Å². The third kappa shape index (κ3) is 16.9. The smallest absolute Gasteiger partial charge is 0.463 e. The van der Waals surface area contributed by atoms with Gasteiger partial charge in [0, 0.05) is 39.5 Å². The van der Waals surface area contributed by atoms with Gasteiger partial charge in [0.2, 0.25) is 0 Å². The van der Waals surface area contributed by atoms with Gasteiger partial charge in [-0.3, -0.25) is 0 Å². The summed E-state index contributed by atoms with van der Waals surface area (Å²) in [4.78, 5) is 21.3. The van der Waals surface area contributed by atoms with Crippen molar-refractivity contribution >= 4 is 39.2 Å². The van der Waals surface area contributed by atoms with E-state index in [-0.39, 0.29) is 5.97 Å². The number of ether oxygens (including phenoxy) is 2. The Balaban J connectivity index is 0. The lowest BCUT2D eigenvalue weighted by molar-refractivity contribution is -0.138. The van der Waals surface area contributed by atoms with E-state index in [1.165, 1.54) is 6.08 Å². The van der Waals surface area contributed by atoms with Crippen LogP contribution < -0.4 is 0 Å². The van der Waals surface area contributed by atoms with Crippen LogP contribution in [0, 0.1) is 0 Å². The van der Waals surface area contributed by atoms with Crippen molar-refractivity contribution in [1.29, 1.82) is 0 Å². The third-order valence-electron chi connectivity index (χ3n) is 3.30. The molecule has 10 heteroatoms. The highest BCUT2D eigenvalue weighted by Gasteiger charge is 2.36. The maximum atomic E-state index is 10.7. The van der Waals surface area contributed by atoms with Crippen molar-refractivity contribution in [1.82, 2.24) is 0 Å². The molecule has 0 rings (SSSR count). The van der Waals surface area contributed by atoms with Gasteiger partial charge in [0.15, 0.2) is 7.38 Å². The second-order valence-corrected chi connectivity index (χ2v) is 16.1. The number of halogens is 1. The van der Waals surface area contributed by atoms with Crippen LogP contribution in [0.4, 0.5) is 0 Å². The molecule has 158 valence electrons. The maximum absolute atomic E-state index is 10.7. The SMILES string of the molecule is C=CC(=O)OCCC[Si](C)(C)Cl.C=CC(=O)OCCC[Si](OC)(OC)OC. The number of carbonyl (C=O) groups is 2. The van der Waals surface area contributed by atoms with E-state index in [1.807, 2.05) is 0 Å². The van der Waals surface area contributed by atoms with Crippen LogP contribution in [0.3, 0.4) is 0 Å². The number of carbonyl (C=O) groups excluding carboxylic acids is 2. The zero-order valence-corrected chi connectivity index (χ0v) is 19.8. The predicted molar refractivity (Wildman–Crippen MR) is 111 cm³/mol. The van der Waals surface area contributed by atoms with Gasteiger partial charge in [-0.05, 0) is 18.9 Å². The van der Waals surface area contributed by atoms with Gasteiger partial charge in [-0.15, -0.1) is 0 Å². The van der Waals surface area contributed by atoms with Gasteiger partial charge in [0.1, 0.15) is 0 Å². The largest absolute Gasteiger partial charge is 0.500 e. The van der Waals surface area contributed by atoms with Crippen LogP contribution in [0.25, 0.3) is 0 Å². The maximum Gasteiger partial charge on any atom is 0.500 e. The van der Waals surface area contributed by atoms with Crippen molar-refractivity contribution in [3.8, 4) is 0 Å². The molecule has 0 fully saturated rings. The van der Waals surface area contributed by atoms with Crippen LogP contribution in [-0.4, -0.2) is 62.7 Å². The standard InChI is InChI=1S/C9H18O5Si.C8H15ClO2Si/c1-5-9(10)14-7-6-8-15(11-2,12-3)13-4;1-4-8(10)11-6-5-7-12(2,3)9/h5H,1,6-8H2,2-4H3;4H,1,5-7H2,2-3H3. The molecule has 0 aliphatic rings. The number of esters is 2. The molecule has 0 saturated heterocycles. The predicted octanol–water partition coefficient (Wildman–Crippen LogP) is 3.53. The van der Waals surface area contributed by atoms with Crippen LogP contribution in [0.5, 0.6) is 0 Å². The Morgan fingerprint density at radius 1 is 0.852 bits per heavy atom. The molecule has 7 nitrogen and oxygen atoms in total. The summed E-state index contributed by atoms with van der Waals surface area (Å²) in [7, 11) is 0.651. The van der Waals surface area contributed by atoms with Crippen LogP contribution in [0.1, 0.15) is 12.8 Å². The molecule has 0 N–H and O–H groups in total. The zero-order valence-electron chi connectivity index (χ0n) is 17.0. The highest BCUT2D eigenvalue weighted by atomic mass is 35.6. The van der Waals surface area contributed by atoms with Gasteiger partial charge >= 0.3 is 20.7 Å². The van der Waals surface area contributed by atoms with E-state index in [4.69, 9.17) is 33.8 Å². The highest BCUT2D eigenvalue weighted by Crippen LogP contribution is 2.16. The van der Waals surface area contributed by atoms with E-state index in [1.54, 1.807) is 21.3 Å². The minimum Gasteiger partial charge on any atom is -0.463 e. The molecule has 0 aliphatic heterocycles. The molecule has 0 aromatic carbocycles. The van der Waals surface area contributed by atoms with E-state index in [9.17, 15) is 9.59 Å². The molecule has 0 amide bonds. The molecule has 0 radical (unpaired) electrons. The lowest BCUT2D eigenvalue weighted by Gasteiger charge is -2.23. The molecule has 0 unspecified atom stereocenters. The number of rotatable bonds is 13. The van der Waals surface area contributed by atoms with Crippen molar-refractivity contribution in [2.45, 2.75) is 38.0 Å². The van der Waals surface area contributed by atoms with Crippen molar-refractivity contribution in [3.63, 3.8) is 0 Å². The molecule has 0 aliphatic carbocycles. The third-order valence-corrected chi connectivity index (χ3v) is 8.24. The fourth-order valence-electron chi connectivity index (χ4n) is 1.80. The summed E-state index contributed by atoms with van der Waals surface area (Å²) in [6.07, 6.45) is 3.79. The summed E-state index contributed by atoms with van der Waals surface area (Å²) in [6.45, 7) is 11.5. The van der Waals surface area contributed by atoms with Crippen LogP contribution >= 0.6 is 11.1 Å². The Hall–Kier alpha value is -0.976. The second kappa shape index (κ2) is 16.0. The molecule has 0 atom stereocenters. The van der Waals surface area contributed by atoms with E-state index in [0.717, 1.165) is 18.5 Å².